The summed E-state index contributed by atoms with van der Waals surface area (Å²) in [6.07, 6.45) is -0.900. The first-order valence-electron chi connectivity index (χ1n) is 11.8. The van der Waals surface area contributed by atoms with Crippen molar-refractivity contribution < 1.29 is 10.0 Å². The summed E-state index contributed by atoms with van der Waals surface area (Å²) in [7, 11) is 0. The van der Waals surface area contributed by atoms with Crippen LogP contribution in [0, 0.1) is 10.1 Å². The second kappa shape index (κ2) is 10.5. The van der Waals surface area contributed by atoms with Crippen molar-refractivity contribution in [2.45, 2.75) is 12.8 Å². The minimum Gasteiger partial charge on any atom is -0.374 e. The van der Waals surface area contributed by atoms with E-state index in [2.05, 4.69) is 0 Å². The SMILES string of the molecule is O=c1c([N+](=O)[O-])c(N2CCN(C(O)c3ccc(Cl)c(Cl)c3)CC2)c2ccccc2n1Cc1ccccc1. The number of piperazine rings is 1. The molecule has 10 heteroatoms. The lowest BCUT2D eigenvalue weighted by Gasteiger charge is -2.38. The summed E-state index contributed by atoms with van der Waals surface area (Å²) in [5, 5.41) is 24.5. The van der Waals surface area contributed by atoms with E-state index in [-0.39, 0.29) is 6.54 Å². The Balaban J connectivity index is 1.49. The molecule has 0 aliphatic carbocycles. The zero-order valence-corrected chi connectivity index (χ0v) is 21.3. The normalized spacial score (nSPS) is 15.2. The van der Waals surface area contributed by atoms with Crippen LogP contribution in [-0.2, 0) is 6.54 Å². The first-order chi connectivity index (χ1) is 17.8. The largest absolute Gasteiger partial charge is 0.374 e. The average Bonchev–Trinajstić information content (AvgIpc) is 2.91. The number of benzene rings is 3. The summed E-state index contributed by atoms with van der Waals surface area (Å²) in [4.78, 5) is 28.9. The number of nitro groups is 1. The van der Waals surface area contributed by atoms with Gasteiger partial charge >= 0.3 is 11.2 Å². The van der Waals surface area contributed by atoms with E-state index in [1.54, 1.807) is 18.2 Å². The molecule has 3 aromatic carbocycles. The number of fused-ring (bicyclic) bond motifs is 1. The van der Waals surface area contributed by atoms with Gasteiger partial charge in [-0.05, 0) is 29.3 Å². The molecule has 2 heterocycles. The van der Waals surface area contributed by atoms with Crippen LogP contribution in [0.3, 0.4) is 0 Å². The van der Waals surface area contributed by atoms with Crippen LogP contribution in [-0.4, -0.2) is 45.7 Å². The van der Waals surface area contributed by atoms with Gasteiger partial charge in [0.2, 0.25) is 0 Å². The fourth-order valence-corrected chi connectivity index (χ4v) is 5.16. The monoisotopic (exact) mass is 538 g/mol. The summed E-state index contributed by atoms with van der Waals surface area (Å²) in [6, 6.07) is 21.7. The standard InChI is InChI=1S/C27H24Cl2N4O4/c28-21-11-10-19(16-22(21)29)26(34)31-14-12-30(13-15-31)24-20-8-4-5-9-23(20)32(27(35)25(24)33(36)37)17-18-6-2-1-3-7-18/h1-11,16,26,34H,12-15,17H2. The lowest BCUT2D eigenvalue weighted by molar-refractivity contribution is -0.385. The van der Waals surface area contributed by atoms with Crippen molar-refractivity contribution in [2.75, 3.05) is 31.1 Å². The Morgan fingerprint density at radius 2 is 1.59 bits per heavy atom. The second-order valence-corrected chi connectivity index (χ2v) is 9.73. The average molecular weight is 539 g/mol. The number of pyridine rings is 1. The number of halogens is 2. The van der Waals surface area contributed by atoms with Gasteiger partial charge in [0.25, 0.3) is 0 Å². The molecule has 5 rings (SSSR count). The number of aliphatic hydroxyl groups excluding tert-OH is 1. The van der Waals surface area contributed by atoms with E-state index in [1.165, 1.54) is 4.57 Å². The molecule has 0 spiro atoms. The number of rotatable bonds is 6. The predicted molar refractivity (Wildman–Crippen MR) is 146 cm³/mol. The summed E-state index contributed by atoms with van der Waals surface area (Å²) in [6.45, 7) is 1.88. The molecule has 0 saturated carbocycles. The van der Waals surface area contributed by atoms with Gasteiger partial charge in [-0.3, -0.25) is 24.4 Å². The fraction of sp³-hybridized carbons (Fsp3) is 0.222. The molecule has 1 unspecified atom stereocenters. The van der Waals surface area contributed by atoms with Crippen LogP contribution < -0.4 is 10.5 Å². The second-order valence-electron chi connectivity index (χ2n) is 8.92. The summed E-state index contributed by atoms with van der Waals surface area (Å²) >= 11 is 12.1. The van der Waals surface area contributed by atoms with Gasteiger partial charge in [-0.25, -0.2) is 0 Å². The van der Waals surface area contributed by atoms with Gasteiger partial charge in [0.15, 0.2) is 0 Å². The molecule has 4 aromatic rings. The van der Waals surface area contributed by atoms with Crippen molar-refractivity contribution >= 4 is 45.5 Å². The van der Waals surface area contributed by atoms with Crippen LogP contribution in [0.2, 0.25) is 10.0 Å². The van der Waals surface area contributed by atoms with Gasteiger partial charge in [-0.2, -0.15) is 0 Å². The maximum absolute atomic E-state index is 13.5. The lowest BCUT2D eigenvalue weighted by atomic mass is 10.1. The van der Waals surface area contributed by atoms with Crippen molar-refractivity contribution in [3.8, 4) is 0 Å². The number of anilines is 1. The number of para-hydroxylation sites is 1. The summed E-state index contributed by atoms with van der Waals surface area (Å²) < 4.78 is 1.47. The topological polar surface area (TPSA) is 91.8 Å². The minimum absolute atomic E-state index is 0.227. The zero-order valence-electron chi connectivity index (χ0n) is 19.8. The molecule has 1 saturated heterocycles. The Morgan fingerprint density at radius 3 is 2.27 bits per heavy atom. The minimum atomic E-state index is -0.900. The molecule has 37 heavy (non-hydrogen) atoms. The van der Waals surface area contributed by atoms with Crippen molar-refractivity contribution in [1.29, 1.82) is 0 Å². The third-order valence-electron chi connectivity index (χ3n) is 6.71. The van der Waals surface area contributed by atoms with Crippen molar-refractivity contribution in [2.24, 2.45) is 0 Å². The van der Waals surface area contributed by atoms with Crippen molar-refractivity contribution in [3.05, 3.63) is 114 Å². The van der Waals surface area contributed by atoms with E-state index >= 15 is 0 Å². The van der Waals surface area contributed by atoms with Gasteiger partial charge in [0, 0.05) is 31.6 Å². The Labute approximate surface area is 223 Å². The summed E-state index contributed by atoms with van der Waals surface area (Å²) in [5.74, 6) is 0. The van der Waals surface area contributed by atoms with Crippen LogP contribution in [0.4, 0.5) is 11.4 Å². The number of aliphatic hydroxyl groups is 1. The van der Waals surface area contributed by atoms with Crippen LogP contribution in [0.15, 0.2) is 77.6 Å². The molecule has 0 bridgehead atoms. The summed E-state index contributed by atoms with van der Waals surface area (Å²) in [5.41, 5.74) is 1.37. The quantitative estimate of drug-likeness (QED) is 0.272. The number of nitrogens with zero attached hydrogens (tertiary/aromatic N) is 4. The van der Waals surface area contributed by atoms with Crippen LogP contribution in [0.25, 0.3) is 10.9 Å². The smallest absolute Gasteiger partial charge is 0.357 e. The van der Waals surface area contributed by atoms with Gasteiger partial charge in [0.1, 0.15) is 11.9 Å². The highest BCUT2D eigenvalue weighted by Gasteiger charge is 2.32. The molecule has 0 radical (unpaired) electrons. The Hall–Kier alpha value is -3.43. The molecule has 1 aromatic heterocycles. The van der Waals surface area contributed by atoms with Gasteiger partial charge < -0.3 is 10.0 Å². The number of hydrogen-bond acceptors (Lipinski definition) is 6. The van der Waals surface area contributed by atoms with Crippen LogP contribution >= 0.6 is 23.2 Å². The number of hydrogen-bond donors (Lipinski definition) is 1. The molecule has 1 fully saturated rings. The maximum Gasteiger partial charge on any atom is 0.357 e. The highest BCUT2D eigenvalue weighted by molar-refractivity contribution is 6.42. The Bertz CT molecular complexity index is 1520. The van der Waals surface area contributed by atoms with E-state index < -0.39 is 22.4 Å². The van der Waals surface area contributed by atoms with Gasteiger partial charge in [0.05, 0.1) is 27.0 Å². The molecule has 0 amide bonds. The molecule has 1 aliphatic rings. The molecule has 1 atom stereocenters. The van der Waals surface area contributed by atoms with Crippen LogP contribution in [0.1, 0.15) is 17.4 Å². The Morgan fingerprint density at radius 1 is 0.919 bits per heavy atom. The van der Waals surface area contributed by atoms with Crippen molar-refractivity contribution in [1.82, 2.24) is 9.47 Å². The molecule has 1 aliphatic heterocycles. The highest BCUT2D eigenvalue weighted by atomic mass is 35.5. The Kier molecular flexibility index (Phi) is 7.17. The maximum atomic E-state index is 13.5. The third-order valence-corrected chi connectivity index (χ3v) is 7.45. The highest BCUT2D eigenvalue weighted by Crippen LogP contribution is 2.35. The zero-order chi connectivity index (χ0) is 26.1. The van der Waals surface area contributed by atoms with Crippen LogP contribution in [0.5, 0.6) is 0 Å². The molecule has 8 nitrogen and oxygen atoms in total. The predicted octanol–water partition coefficient (Wildman–Crippen LogP) is 5.08. The number of aromatic nitrogens is 1. The first-order valence-corrected chi connectivity index (χ1v) is 12.6. The van der Waals surface area contributed by atoms with Gasteiger partial charge in [-0.15, -0.1) is 0 Å². The molecular formula is C27H24Cl2N4O4. The van der Waals surface area contributed by atoms with Gasteiger partial charge in [-0.1, -0.05) is 77.8 Å². The first kappa shape index (κ1) is 25.2. The van der Waals surface area contributed by atoms with E-state index in [0.717, 1.165) is 5.56 Å². The molecule has 190 valence electrons. The van der Waals surface area contributed by atoms with Crippen molar-refractivity contribution in [3.63, 3.8) is 0 Å². The van der Waals surface area contributed by atoms with E-state index in [0.29, 0.717) is 58.4 Å². The molecular weight excluding hydrogens is 515 g/mol. The fourth-order valence-electron chi connectivity index (χ4n) is 4.86. The molecule has 1 N–H and O–H groups in total. The third kappa shape index (κ3) is 4.93. The van der Waals surface area contributed by atoms with E-state index in [9.17, 15) is 20.0 Å². The lowest BCUT2D eigenvalue weighted by Crippen LogP contribution is -2.48. The van der Waals surface area contributed by atoms with E-state index in [1.807, 2.05) is 64.4 Å². The van der Waals surface area contributed by atoms with E-state index in [4.69, 9.17) is 23.2 Å².